The molecule has 3 N–H and O–H groups in total. The number of amides is 4. The average molecular weight is 696 g/mol. The highest BCUT2D eigenvalue weighted by Crippen LogP contribution is 2.38. The van der Waals surface area contributed by atoms with Gasteiger partial charge in [0.1, 0.15) is 0 Å². The Morgan fingerprint density at radius 2 is 1.63 bits per heavy atom. The molecule has 3 aromatic carbocycles. The molecule has 2 fully saturated rings. The highest BCUT2D eigenvalue weighted by atomic mass is 16.5. The molecule has 0 saturated carbocycles. The fourth-order valence-electron chi connectivity index (χ4n) is 6.98. The van der Waals surface area contributed by atoms with Gasteiger partial charge in [-0.05, 0) is 74.1 Å². The first-order valence-corrected chi connectivity index (χ1v) is 17.6. The maximum absolute atomic E-state index is 13.8. The molecule has 0 bridgehead atoms. The number of hydrogen-bond acceptors (Lipinski definition) is 6. The van der Waals surface area contributed by atoms with Gasteiger partial charge >= 0.3 is 0 Å². The summed E-state index contributed by atoms with van der Waals surface area (Å²) in [6.45, 7) is 7.24. The lowest BCUT2D eigenvalue weighted by atomic mass is 9.79. The molecule has 0 aliphatic carbocycles. The van der Waals surface area contributed by atoms with Crippen molar-refractivity contribution in [1.82, 2.24) is 25.4 Å². The zero-order valence-electron chi connectivity index (χ0n) is 30.1. The van der Waals surface area contributed by atoms with Gasteiger partial charge in [0.05, 0.1) is 25.7 Å². The first-order valence-electron chi connectivity index (χ1n) is 17.6. The number of aromatic nitrogens is 1. The number of carbonyl (C=O) groups excluding carboxylic acids is 4. The molecule has 4 aromatic rings. The van der Waals surface area contributed by atoms with Crippen LogP contribution >= 0.6 is 0 Å². The van der Waals surface area contributed by atoms with Gasteiger partial charge in [-0.1, -0.05) is 49.7 Å². The van der Waals surface area contributed by atoms with Crippen LogP contribution in [0.2, 0.25) is 0 Å². The van der Waals surface area contributed by atoms with Gasteiger partial charge in [0.2, 0.25) is 11.8 Å². The maximum Gasteiger partial charge on any atom is 0.254 e. The van der Waals surface area contributed by atoms with Crippen LogP contribution in [-0.4, -0.2) is 91.4 Å². The maximum atomic E-state index is 13.8. The predicted molar refractivity (Wildman–Crippen MR) is 197 cm³/mol. The number of nitrogens with one attached hydrogen (secondary N) is 3. The van der Waals surface area contributed by atoms with E-state index < -0.39 is 5.92 Å². The number of nitrogens with zero attached hydrogens (tertiary/aromatic N) is 2. The Bertz CT molecular complexity index is 1820. The molecule has 0 radical (unpaired) electrons. The molecule has 11 nitrogen and oxygen atoms in total. The lowest BCUT2D eigenvalue weighted by molar-refractivity contribution is -0.131. The van der Waals surface area contributed by atoms with E-state index in [2.05, 4.69) is 52.9 Å². The van der Waals surface area contributed by atoms with Crippen molar-refractivity contribution in [2.45, 2.75) is 39.7 Å². The Morgan fingerprint density at radius 1 is 0.882 bits per heavy atom. The van der Waals surface area contributed by atoms with E-state index in [1.807, 2.05) is 32.0 Å². The van der Waals surface area contributed by atoms with Crippen LogP contribution in [-0.2, 0) is 16.0 Å². The molecule has 4 amide bonds. The van der Waals surface area contributed by atoms with E-state index in [0.717, 1.165) is 10.9 Å². The van der Waals surface area contributed by atoms with E-state index in [-0.39, 0.29) is 54.7 Å². The summed E-state index contributed by atoms with van der Waals surface area (Å²) in [6, 6.07) is 23.1. The molecule has 2 saturated heterocycles. The van der Waals surface area contributed by atoms with Crippen LogP contribution in [0.4, 0.5) is 0 Å². The van der Waals surface area contributed by atoms with Gasteiger partial charge in [0.25, 0.3) is 11.8 Å². The molecule has 2 aliphatic rings. The number of benzene rings is 3. The highest BCUT2D eigenvalue weighted by molar-refractivity contribution is 6.06. The third kappa shape index (κ3) is 8.89. The lowest BCUT2D eigenvalue weighted by Gasteiger charge is -2.39. The van der Waals surface area contributed by atoms with Crippen LogP contribution in [0.25, 0.3) is 10.9 Å². The first kappa shape index (κ1) is 36.9. The third-order valence-corrected chi connectivity index (χ3v) is 9.47. The summed E-state index contributed by atoms with van der Waals surface area (Å²) >= 11 is 0. The molecular weight excluding hydrogens is 646 g/mol. The number of aromatic amines is 1. The van der Waals surface area contributed by atoms with E-state index >= 15 is 0 Å². The first-order chi connectivity index (χ1) is 24.6. The molecule has 270 valence electrons. The second kappa shape index (κ2) is 17.1. The number of hydrogen-bond donors (Lipinski definition) is 3. The number of methoxy groups -OCH3 is 1. The summed E-state index contributed by atoms with van der Waals surface area (Å²) < 4.78 is 11.3. The van der Waals surface area contributed by atoms with E-state index in [1.165, 1.54) is 32.6 Å². The molecule has 51 heavy (non-hydrogen) atoms. The van der Waals surface area contributed by atoms with E-state index in [4.69, 9.17) is 9.47 Å². The largest absolute Gasteiger partial charge is 0.493 e. The number of piperidine rings is 1. The number of fused-ring (bicyclic) bond motifs is 2. The third-order valence-electron chi connectivity index (χ3n) is 9.47. The molecule has 11 heteroatoms. The Kier molecular flexibility index (Phi) is 12.4. The number of likely N-dealkylation sites (tertiary alicyclic amines) is 2. The van der Waals surface area contributed by atoms with Crippen LogP contribution < -0.4 is 20.1 Å². The van der Waals surface area contributed by atoms with Crippen molar-refractivity contribution in [1.29, 1.82) is 0 Å². The standard InChI is InChI=1S/C31H37N5O6.C9H12/c1-18(2)42-26-9-8-19(12-27(26)41-4)30(39)35-14-20-15-36(31(40)22-6-5-7-25-21(22)10-11-33-25)17-24(23(20)16-35)29(38)34-13-28(37)32-3;1-2-6-9-7-4-3-5-8-9/h5-12,18,20,23-24,33H,13-17H2,1-4H3,(H,32,37)(H,34,38);3-5,7-8H,2,6H2,1H3. The van der Waals surface area contributed by atoms with Crippen LogP contribution in [0.3, 0.4) is 0 Å². The molecule has 0 spiro atoms. The summed E-state index contributed by atoms with van der Waals surface area (Å²) in [7, 11) is 3.03. The topological polar surface area (TPSA) is 133 Å². The smallest absolute Gasteiger partial charge is 0.254 e. The van der Waals surface area contributed by atoms with Crippen molar-refractivity contribution < 1.29 is 28.7 Å². The molecule has 1 aromatic heterocycles. The van der Waals surface area contributed by atoms with Gasteiger partial charge in [0, 0.05) is 61.5 Å². The zero-order chi connectivity index (χ0) is 36.5. The number of ether oxygens (including phenoxy) is 2. The average Bonchev–Trinajstić information content (AvgIpc) is 3.81. The summed E-state index contributed by atoms with van der Waals surface area (Å²) in [4.78, 5) is 59.3. The zero-order valence-corrected chi connectivity index (χ0v) is 30.1. The number of likely N-dealkylation sites (N-methyl/N-ethyl adjacent to an activating group) is 1. The molecule has 3 atom stereocenters. The summed E-state index contributed by atoms with van der Waals surface area (Å²) in [6.07, 6.45) is 4.19. The fourth-order valence-corrected chi connectivity index (χ4v) is 6.98. The molecule has 3 unspecified atom stereocenters. The van der Waals surface area contributed by atoms with Gasteiger partial charge in [-0.3, -0.25) is 19.2 Å². The quantitative estimate of drug-likeness (QED) is 0.216. The van der Waals surface area contributed by atoms with Crippen LogP contribution in [0.1, 0.15) is 53.5 Å². The van der Waals surface area contributed by atoms with Gasteiger partial charge in [-0.25, -0.2) is 0 Å². The monoisotopic (exact) mass is 695 g/mol. The molecular formula is C40H49N5O6. The summed E-state index contributed by atoms with van der Waals surface area (Å²) in [5.74, 6) is -0.823. The van der Waals surface area contributed by atoms with Gasteiger partial charge in [-0.2, -0.15) is 0 Å². The van der Waals surface area contributed by atoms with E-state index in [0.29, 0.717) is 42.3 Å². The minimum atomic E-state index is -0.586. The molecule has 6 rings (SSSR count). The normalized spacial score (nSPS) is 18.0. The van der Waals surface area contributed by atoms with E-state index in [9.17, 15) is 19.2 Å². The van der Waals surface area contributed by atoms with Crippen LogP contribution in [0, 0.1) is 17.8 Å². The summed E-state index contributed by atoms with van der Waals surface area (Å²) in [5.41, 5.74) is 3.31. The van der Waals surface area contributed by atoms with Crippen molar-refractivity contribution in [3.8, 4) is 11.5 Å². The van der Waals surface area contributed by atoms with Crippen molar-refractivity contribution in [3.05, 3.63) is 95.7 Å². The Morgan fingerprint density at radius 3 is 2.31 bits per heavy atom. The number of rotatable bonds is 10. The van der Waals surface area contributed by atoms with E-state index in [1.54, 1.807) is 40.3 Å². The number of carbonyl (C=O) groups is 4. The van der Waals surface area contributed by atoms with Crippen molar-refractivity contribution >= 4 is 34.5 Å². The fraction of sp³-hybridized carbons (Fsp3) is 0.400. The minimum absolute atomic E-state index is 0.0523. The van der Waals surface area contributed by atoms with Crippen molar-refractivity contribution in [2.75, 3.05) is 46.9 Å². The minimum Gasteiger partial charge on any atom is -0.493 e. The summed E-state index contributed by atoms with van der Waals surface area (Å²) in [5, 5.41) is 6.04. The predicted octanol–water partition coefficient (Wildman–Crippen LogP) is 4.93. The van der Waals surface area contributed by atoms with Gasteiger partial charge in [0.15, 0.2) is 11.5 Å². The second-order valence-electron chi connectivity index (χ2n) is 13.4. The Hall–Kier alpha value is -5.32. The number of H-pyrrole nitrogens is 1. The van der Waals surface area contributed by atoms with Crippen LogP contribution in [0.15, 0.2) is 79.0 Å². The highest BCUT2D eigenvalue weighted by Gasteiger charge is 2.48. The van der Waals surface area contributed by atoms with Crippen molar-refractivity contribution in [2.24, 2.45) is 17.8 Å². The second-order valence-corrected chi connectivity index (χ2v) is 13.4. The SMILES string of the molecule is CCCc1ccccc1.CNC(=O)CNC(=O)C1CN(C(=O)c2cccc3[nH]ccc23)CC2CN(C(=O)c3ccc(OC(C)C)c(OC)c3)CC21. The van der Waals surface area contributed by atoms with Gasteiger partial charge in [-0.15, -0.1) is 0 Å². The van der Waals surface area contributed by atoms with Gasteiger partial charge < -0.3 is 34.9 Å². The van der Waals surface area contributed by atoms with Crippen molar-refractivity contribution in [3.63, 3.8) is 0 Å². The molecule has 2 aliphatic heterocycles. The lowest BCUT2D eigenvalue weighted by Crippen LogP contribution is -2.53. The van der Waals surface area contributed by atoms with Crippen LogP contribution in [0.5, 0.6) is 11.5 Å². The molecule has 3 heterocycles. The Labute approximate surface area is 299 Å². The number of aryl methyl sites for hydroxylation is 1. The Balaban J connectivity index is 0.000000488.